The molecule has 0 aliphatic rings. The van der Waals surface area contributed by atoms with Crippen LogP contribution in [0.15, 0.2) is 42.7 Å². The summed E-state index contributed by atoms with van der Waals surface area (Å²) in [7, 11) is 1.82. The molecule has 0 aliphatic heterocycles. The van der Waals surface area contributed by atoms with E-state index >= 15 is 0 Å². The van der Waals surface area contributed by atoms with Crippen LogP contribution in [0.4, 0.5) is 5.95 Å². The molecule has 4 aromatic rings. The number of hydrogen-bond donors (Lipinski definition) is 1. The number of benzene rings is 1. The smallest absolute Gasteiger partial charge is 0.258 e. The lowest BCUT2D eigenvalue weighted by Crippen LogP contribution is -2.15. The van der Waals surface area contributed by atoms with E-state index in [9.17, 15) is 4.79 Å². The molecule has 0 saturated carbocycles. The van der Waals surface area contributed by atoms with Crippen molar-refractivity contribution in [2.75, 3.05) is 5.32 Å². The summed E-state index contributed by atoms with van der Waals surface area (Å²) in [5.41, 5.74) is 3.81. The van der Waals surface area contributed by atoms with Crippen LogP contribution >= 0.6 is 0 Å². The van der Waals surface area contributed by atoms with Crippen molar-refractivity contribution in [3.05, 3.63) is 65.2 Å². The third-order valence-electron chi connectivity index (χ3n) is 4.29. The predicted molar refractivity (Wildman–Crippen MR) is 102 cm³/mol. The van der Waals surface area contributed by atoms with Gasteiger partial charge in [-0.3, -0.25) is 14.8 Å². The Morgan fingerprint density at radius 1 is 1.15 bits per heavy atom. The molecule has 1 N–H and O–H groups in total. The minimum absolute atomic E-state index is 0.264. The number of hydrogen-bond acceptors (Lipinski definition) is 5. The summed E-state index contributed by atoms with van der Waals surface area (Å²) < 4.78 is 3.37. The van der Waals surface area contributed by atoms with E-state index in [-0.39, 0.29) is 11.9 Å². The van der Waals surface area contributed by atoms with Crippen LogP contribution in [0.1, 0.15) is 27.3 Å². The molecule has 136 valence electrons. The molecule has 3 heterocycles. The minimum atomic E-state index is -0.279. The van der Waals surface area contributed by atoms with Gasteiger partial charge in [-0.15, -0.1) is 5.10 Å². The van der Waals surface area contributed by atoms with Gasteiger partial charge in [0.25, 0.3) is 5.91 Å². The maximum Gasteiger partial charge on any atom is 0.258 e. The fraction of sp³-hybridized carbons (Fsp3) is 0.211. The number of nitrogens with zero attached hydrogens (tertiary/aromatic N) is 6. The topological polar surface area (TPSA) is 90.5 Å². The number of aromatic nitrogens is 6. The number of aryl methyl sites for hydroxylation is 3. The normalized spacial score (nSPS) is 11.1. The summed E-state index contributed by atoms with van der Waals surface area (Å²) >= 11 is 0. The molecule has 0 bridgehead atoms. The van der Waals surface area contributed by atoms with Crippen molar-refractivity contribution in [1.82, 2.24) is 29.5 Å². The van der Waals surface area contributed by atoms with Crippen molar-refractivity contribution >= 4 is 22.9 Å². The number of fused-ring (bicyclic) bond motifs is 1. The van der Waals surface area contributed by atoms with E-state index in [2.05, 4.69) is 25.5 Å². The van der Waals surface area contributed by atoms with Gasteiger partial charge in [0.05, 0.1) is 23.2 Å². The second-order valence-electron chi connectivity index (χ2n) is 6.42. The number of carbonyl (C=O) groups is 1. The quantitative estimate of drug-likeness (QED) is 0.603. The first-order valence-corrected chi connectivity index (χ1v) is 8.57. The fourth-order valence-electron chi connectivity index (χ4n) is 3.12. The van der Waals surface area contributed by atoms with Gasteiger partial charge in [-0.25, -0.2) is 14.6 Å². The van der Waals surface area contributed by atoms with Gasteiger partial charge in [0.2, 0.25) is 5.95 Å². The van der Waals surface area contributed by atoms with Crippen LogP contribution in [-0.2, 0) is 13.6 Å². The van der Waals surface area contributed by atoms with E-state index in [0.717, 1.165) is 22.3 Å². The second kappa shape index (κ2) is 6.64. The summed E-state index contributed by atoms with van der Waals surface area (Å²) in [6, 6.07) is 11.7. The first-order chi connectivity index (χ1) is 13.0. The Kier molecular flexibility index (Phi) is 4.15. The lowest BCUT2D eigenvalue weighted by atomic mass is 10.1. The molecule has 8 nitrogen and oxygen atoms in total. The highest BCUT2D eigenvalue weighted by molar-refractivity contribution is 6.12. The van der Waals surface area contributed by atoms with Gasteiger partial charge in [-0.1, -0.05) is 30.3 Å². The Balaban J connectivity index is 1.59. The van der Waals surface area contributed by atoms with Crippen molar-refractivity contribution in [3.8, 4) is 0 Å². The number of anilines is 1. The number of carbonyl (C=O) groups excluding carboxylic acids is 1. The highest BCUT2D eigenvalue weighted by Gasteiger charge is 2.18. The predicted octanol–water partition coefficient (Wildman–Crippen LogP) is 2.48. The van der Waals surface area contributed by atoms with Crippen LogP contribution in [0.2, 0.25) is 0 Å². The van der Waals surface area contributed by atoms with E-state index in [1.807, 2.05) is 51.2 Å². The molecule has 0 aliphatic carbocycles. The van der Waals surface area contributed by atoms with Gasteiger partial charge in [0.1, 0.15) is 6.33 Å². The van der Waals surface area contributed by atoms with Crippen LogP contribution in [0.5, 0.6) is 0 Å². The lowest BCUT2D eigenvalue weighted by molar-refractivity contribution is 0.102. The Morgan fingerprint density at radius 2 is 1.93 bits per heavy atom. The third-order valence-corrected chi connectivity index (χ3v) is 4.29. The second-order valence-corrected chi connectivity index (χ2v) is 6.42. The van der Waals surface area contributed by atoms with Gasteiger partial charge in [-0.2, -0.15) is 5.10 Å². The Bertz CT molecular complexity index is 1130. The molecule has 0 spiro atoms. The molecule has 27 heavy (non-hydrogen) atoms. The van der Waals surface area contributed by atoms with Gasteiger partial charge < -0.3 is 0 Å². The highest BCUT2D eigenvalue weighted by Crippen LogP contribution is 2.22. The Hall–Kier alpha value is -3.55. The van der Waals surface area contributed by atoms with Gasteiger partial charge in [0.15, 0.2) is 5.65 Å². The molecule has 3 aromatic heterocycles. The molecule has 0 radical (unpaired) electrons. The van der Waals surface area contributed by atoms with Gasteiger partial charge >= 0.3 is 0 Å². The maximum absolute atomic E-state index is 12.8. The standard InChI is InChI=1S/C19H19N7O/c1-12-9-15(16-13(2)23-25(3)17(16)21-12)18(27)22-19-20-11-26(24-19)10-14-7-5-4-6-8-14/h4-9,11H,10H2,1-3H3,(H,22,24,27). The van der Waals surface area contributed by atoms with E-state index in [4.69, 9.17) is 0 Å². The number of amides is 1. The van der Waals surface area contributed by atoms with Crippen molar-refractivity contribution in [2.24, 2.45) is 7.05 Å². The highest BCUT2D eigenvalue weighted by atomic mass is 16.1. The van der Waals surface area contributed by atoms with Gasteiger partial charge in [-0.05, 0) is 25.5 Å². The molecular weight excluding hydrogens is 342 g/mol. The van der Waals surface area contributed by atoms with E-state index < -0.39 is 0 Å². The minimum Gasteiger partial charge on any atom is -0.289 e. The zero-order valence-corrected chi connectivity index (χ0v) is 15.3. The summed E-state index contributed by atoms with van der Waals surface area (Å²) in [6.45, 7) is 4.30. The zero-order chi connectivity index (χ0) is 19.0. The summed E-state index contributed by atoms with van der Waals surface area (Å²) in [6.07, 6.45) is 1.60. The molecule has 4 rings (SSSR count). The third kappa shape index (κ3) is 3.29. The molecule has 0 atom stereocenters. The average Bonchev–Trinajstić information content (AvgIpc) is 3.19. The van der Waals surface area contributed by atoms with Crippen LogP contribution < -0.4 is 5.32 Å². The summed E-state index contributed by atoms with van der Waals surface area (Å²) in [5, 5.41) is 12.2. The average molecular weight is 361 g/mol. The number of rotatable bonds is 4. The summed E-state index contributed by atoms with van der Waals surface area (Å²) in [5.74, 6) is -0.0147. The maximum atomic E-state index is 12.8. The zero-order valence-electron chi connectivity index (χ0n) is 15.3. The molecule has 1 amide bonds. The van der Waals surface area contributed by atoms with Crippen molar-refractivity contribution < 1.29 is 4.79 Å². The molecule has 1 aromatic carbocycles. The molecular formula is C19H19N7O. The lowest BCUT2D eigenvalue weighted by Gasteiger charge is -2.05. The monoisotopic (exact) mass is 361 g/mol. The van der Waals surface area contributed by atoms with E-state index in [1.165, 1.54) is 0 Å². The van der Waals surface area contributed by atoms with Crippen molar-refractivity contribution in [2.45, 2.75) is 20.4 Å². The Morgan fingerprint density at radius 3 is 2.70 bits per heavy atom. The number of pyridine rings is 1. The van der Waals surface area contributed by atoms with Crippen LogP contribution in [-0.4, -0.2) is 35.4 Å². The van der Waals surface area contributed by atoms with E-state index in [1.54, 1.807) is 21.8 Å². The van der Waals surface area contributed by atoms with Crippen LogP contribution in [0.25, 0.3) is 11.0 Å². The first kappa shape index (κ1) is 16.9. The Labute approximate surface area is 155 Å². The molecule has 0 saturated heterocycles. The van der Waals surface area contributed by atoms with Crippen molar-refractivity contribution in [1.29, 1.82) is 0 Å². The first-order valence-electron chi connectivity index (χ1n) is 8.57. The molecule has 8 heteroatoms. The van der Waals surface area contributed by atoms with E-state index in [0.29, 0.717) is 17.8 Å². The SMILES string of the molecule is Cc1cc(C(=O)Nc2ncn(Cc3ccccc3)n2)c2c(C)nn(C)c2n1. The number of nitrogens with one attached hydrogen (secondary N) is 1. The largest absolute Gasteiger partial charge is 0.289 e. The molecule has 0 unspecified atom stereocenters. The van der Waals surface area contributed by atoms with Crippen LogP contribution in [0.3, 0.4) is 0 Å². The van der Waals surface area contributed by atoms with Crippen molar-refractivity contribution in [3.63, 3.8) is 0 Å². The molecule has 0 fully saturated rings. The van der Waals surface area contributed by atoms with Crippen LogP contribution in [0, 0.1) is 13.8 Å². The van der Waals surface area contributed by atoms with Gasteiger partial charge in [0, 0.05) is 12.7 Å². The summed E-state index contributed by atoms with van der Waals surface area (Å²) in [4.78, 5) is 21.5. The fourth-order valence-corrected chi connectivity index (χ4v) is 3.12.